The number of thioether (sulfide) groups is 1. The Labute approximate surface area is 175 Å². The number of amides is 3. The second-order valence-corrected chi connectivity index (χ2v) is 7.65. The third-order valence-corrected chi connectivity index (χ3v) is 5.18. The van der Waals surface area contributed by atoms with Gasteiger partial charge in [0, 0.05) is 5.02 Å². The molecular weight excluding hydrogens is 416 g/mol. The maximum Gasteiger partial charge on any atom is 0.321 e. The van der Waals surface area contributed by atoms with Crippen molar-refractivity contribution in [3.05, 3.63) is 47.5 Å². The van der Waals surface area contributed by atoms with Crippen molar-refractivity contribution in [2.75, 3.05) is 18.9 Å². The summed E-state index contributed by atoms with van der Waals surface area (Å²) >= 11 is 7.14. The van der Waals surface area contributed by atoms with E-state index in [1.54, 1.807) is 24.3 Å². The molecule has 10 heteroatoms. The number of fused-ring (bicyclic) bond motifs is 2. The number of nitrogens with zero attached hydrogens (tertiary/aromatic N) is 1. The number of aromatic amines is 1. The molecule has 1 aliphatic heterocycles. The van der Waals surface area contributed by atoms with Gasteiger partial charge in [-0.15, -0.1) is 0 Å². The Morgan fingerprint density at radius 3 is 2.93 bits per heavy atom. The molecule has 0 aliphatic carbocycles. The van der Waals surface area contributed by atoms with Crippen LogP contribution in [-0.4, -0.2) is 46.9 Å². The fraction of sp³-hybridized carbons (Fsp3) is 0.211. The maximum absolute atomic E-state index is 12.0. The third kappa shape index (κ3) is 4.93. The first-order valence-corrected chi connectivity index (χ1v) is 10.2. The number of rotatable bonds is 5. The molecule has 1 unspecified atom stereocenters. The number of imide groups is 1. The van der Waals surface area contributed by atoms with Crippen LogP contribution >= 0.6 is 23.4 Å². The zero-order valence-electron chi connectivity index (χ0n) is 15.1. The highest BCUT2D eigenvalue weighted by Gasteiger charge is 2.21. The quantitative estimate of drug-likeness (QED) is 0.535. The lowest BCUT2D eigenvalue weighted by Gasteiger charge is -2.26. The van der Waals surface area contributed by atoms with E-state index < -0.39 is 11.9 Å². The van der Waals surface area contributed by atoms with Gasteiger partial charge in [0.2, 0.25) is 5.91 Å². The topological polar surface area (TPSA) is 105 Å². The molecule has 1 atom stereocenters. The Balaban J connectivity index is 1.21. The van der Waals surface area contributed by atoms with Gasteiger partial charge in [-0.2, -0.15) is 0 Å². The molecule has 0 radical (unpaired) electrons. The Hall–Kier alpha value is -2.91. The van der Waals surface area contributed by atoms with Crippen molar-refractivity contribution in [3.63, 3.8) is 0 Å². The second kappa shape index (κ2) is 8.62. The molecule has 29 heavy (non-hydrogen) atoms. The van der Waals surface area contributed by atoms with Crippen molar-refractivity contribution in [2.24, 2.45) is 0 Å². The standard InChI is InChI=1S/C19H17ClN4O4S/c20-11-5-6-13-14(7-11)23-19(22-13)29-10-17(25)24-18(26)21-8-12-9-27-15-3-1-2-4-16(15)28-12/h1-7,12H,8-10H2,(H,22,23)(H2,21,24,25,26). The molecule has 0 bridgehead atoms. The smallest absolute Gasteiger partial charge is 0.321 e. The number of hydrogen-bond donors (Lipinski definition) is 3. The Bertz CT molecular complexity index is 1060. The number of benzene rings is 2. The van der Waals surface area contributed by atoms with E-state index >= 15 is 0 Å². The summed E-state index contributed by atoms with van der Waals surface area (Å²) in [5.41, 5.74) is 1.54. The van der Waals surface area contributed by atoms with Crippen LogP contribution in [0, 0.1) is 0 Å². The van der Waals surface area contributed by atoms with Crippen LogP contribution < -0.4 is 20.1 Å². The minimum absolute atomic E-state index is 0.0391. The van der Waals surface area contributed by atoms with Gasteiger partial charge in [0.05, 0.1) is 23.3 Å². The Kier molecular flexibility index (Phi) is 5.77. The van der Waals surface area contributed by atoms with Crippen molar-refractivity contribution >= 4 is 46.3 Å². The molecule has 3 amide bonds. The van der Waals surface area contributed by atoms with E-state index in [9.17, 15) is 9.59 Å². The lowest BCUT2D eigenvalue weighted by Crippen LogP contribution is -2.46. The molecule has 3 N–H and O–H groups in total. The highest BCUT2D eigenvalue weighted by atomic mass is 35.5. The van der Waals surface area contributed by atoms with Crippen molar-refractivity contribution < 1.29 is 19.1 Å². The molecule has 2 heterocycles. The molecular formula is C19H17ClN4O4S. The number of H-pyrrole nitrogens is 1. The number of carbonyl (C=O) groups excluding carboxylic acids is 2. The van der Waals surface area contributed by atoms with E-state index in [4.69, 9.17) is 21.1 Å². The normalized spacial score (nSPS) is 15.1. The fourth-order valence-corrected chi connectivity index (χ4v) is 3.59. The minimum Gasteiger partial charge on any atom is -0.486 e. The molecule has 1 aliphatic rings. The van der Waals surface area contributed by atoms with Gasteiger partial charge in [-0.3, -0.25) is 10.1 Å². The summed E-state index contributed by atoms with van der Waals surface area (Å²) in [4.78, 5) is 31.4. The molecule has 3 aromatic rings. The van der Waals surface area contributed by atoms with Gasteiger partial charge in [0.1, 0.15) is 6.61 Å². The number of carbonyl (C=O) groups is 2. The summed E-state index contributed by atoms with van der Waals surface area (Å²) < 4.78 is 11.3. The van der Waals surface area contributed by atoms with E-state index in [2.05, 4.69) is 20.6 Å². The van der Waals surface area contributed by atoms with Crippen LogP contribution in [0.15, 0.2) is 47.6 Å². The Morgan fingerprint density at radius 2 is 2.07 bits per heavy atom. The van der Waals surface area contributed by atoms with E-state index in [0.717, 1.165) is 11.0 Å². The maximum atomic E-state index is 12.0. The summed E-state index contributed by atoms with van der Waals surface area (Å²) in [5, 5.41) is 6.07. The van der Waals surface area contributed by atoms with Gasteiger partial charge in [0.25, 0.3) is 0 Å². The number of hydrogen-bond acceptors (Lipinski definition) is 6. The predicted molar refractivity (Wildman–Crippen MR) is 110 cm³/mol. The SMILES string of the molecule is O=C(CSc1nc2ccc(Cl)cc2[nH]1)NC(=O)NCC1COc2ccccc2O1. The molecule has 0 saturated carbocycles. The average Bonchev–Trinajstić information content (AvgIpc) is 3.12. The highest BCUT2D eigenvalue weighted by Crippen LogP contribution is 2.30. The second-order valence-electron chi connectivity index (χ2n) is 6.25. The highest BCUT2D eigenvalue weighted by molar-refractivity contribution is 7.99. The van der Waals surface area contributed by atoms with Crippen molar-refractivity contribution in [1.82, 2.24) is 20.6 Å². The molecule has 1 aromatic heterocycles. The predicted octanol–water partition coefficient (Wildman–Crippen LogP) is 2.97. The van der Waals surface area contributed by atoms with Crippen LogP contribution in [0.1, 0.15) is 0 Å². The van der Waals surface area contributed by atoms with Gasteiger partial charge in [-0.25, -0.2) is 9.78 Å². The largest absolute Gasteiger partial charge is 0.486 e. The van der Waals surface area contributed by atoms with Gasteiger partial charge in [-0.1, -0.05) is 35.5 Å². The first-order chi connectivity index (χ1) is 14.1. The number of nitrogens with one attached hydrogen (secondary N) is 3. The average molecular weight is 433 g/mol. The molecule has 0 saturated heterocycles. The number of imidazole rings is 1. The van der Waals surface area contributed by atoms with Gasteiger partial charge < -0.3 is 19.8 Å². The lowest BCUT2D eigenvalue weighted by molar-refractivity contribution is -0.117. The summed E-state index contributed by atoms with van der Waals surface area (Å²) in [5.74, 6) is 0.910. The number of aromatic nitrogens is 2. The molecule has 2 aromatic carbocycles. The van der Waals surface area contributed by atoms with E-state index in [-0.39, 0.29) is 18.4 Å². The molecule has 150 valence electrons. The third-order valence-electron chi connectivity index (χ3n) is 4.07. The number of ether oxygens (including phenoxy) is 2. The van der Waals surface area contributed by atoms with Crippen LogP contribution in [0.3, 0.4) is 0 Å². The monoisotopic (exact) mass is 432 g/mol. The summed E-state index contributed by atoms with van der Waals surface area (Å²) in [6.07, 6.45) is -0.331. The zero-order chi connectivity index (χ0) is 20.2. The number of urea groups is 1. The molecule has 8 nitrogen and oxygen atoms in total. The first-order valence-electron chi connectivity index (χ1n) is 8.81. The fourth-order valence-electron chi connectivity index (χ4n) is 2.74. The van der Waals surface area contributed by atoms with Crippen LogP contribution in [0.2, 0.25) is 5.02 Å². The van der Waals surface area contributed by atoms with Crippen molar-refractivity contribution in [2.45, 2.75) is 11.3 Å². The zero-order valence-corrected chi connectivity index (χ0v) is 16.7. The van der Waals surface area contributed by atoms with Crippen LogP contribution in [-0.2, 0) is 4.79 Å². The van der Waals surface area contributed by atoms with E-state index in [0.29, 0.717) is 28.3 Å². The summed E-state index contributed by atoms with van der Waals surface area (Å²) in [7, 11) is 0. The van der Waals surface area contributed by atoms with Crippen LogP contribution in [0.4, 0.5) is 4.79 Å². The van der Waals surface area contributed by atoms with Gasteiger partial charge in [0.15, 0.2) is 22.8 Å². The molecule has 4 rings (SSSR count). The van der Waals surface area contributed by atoms with E-state index in [1.165, 1.54) is 11.8 Å². The van der Waals surface area contributed by atoms with E-state index in [1.807, 2.05) is 18.2 Å². The van der Waals surface area contributed by atoms with Gasteiger partial charge in [-0.05, 0) is 30.3 Å². The molecule has 0 fully saturated rings. The van der Waals surface area contributed by atoms with Crippen LogP contribution in [0.25, 0.3) is 11.0 Å². The lowest BCUT2D eigenvalue weighted by atomic mass is 10.2. The number of para-hydroxylation sites is 2. The van der Waals surface area contributed by atoms with Crippen molar-refractivity contribution in [3.8, 4) is 11.5 Å². The van der Waals surface area contributed by atoms with Crippen molar-refractivity contribution in [1.29, 1.82) is 0 Å². The molecule has 0 spiro atoms. The van der Waals surface area contributed by atoms with Gasteiger partial charge >= 0.3 is 6.03 Å². The van der Waals surface area contributed by atoms with Crippen LogP contribution in [0.5, 0.6) is 11.5 Å². The summed E-state index contributed by atoms with van der Waals surface area (Å²) in [6.45, 7) is 0.530. The summed E-state index contributed by atoms with van der Waals surface area (Å²) in [6, 6.07) is 12.0. The first kappa shape index (κ1) is 19.4. The Morgan fingerprint density at radius 1 is 1.24 bits per heavy atom. The minimum atomic E-state index is -0.588. The number of halogens is 1.